The van der Waals surface area contributed by atoms with Gasteiger partial charge in [-0.05, 0) is 79.5 Å². The first-order valence-electron chi connectivity index (χ1n) is 9.14. The first-order valence-corrected chi connectivity index (χ1v) is 9.14. The monoisotopic (exact) mass is 302 g/mol. The zero-order chi connectivity index (χ0) is 15.6. The molecule has 2 aromatic rings. The molecule has 0 aliphatic heterocycles. The van der Waals surface area contributed by atoms with Crippen molar-refractivity contribution in [3.63, 3.8) is 0 Å². The highest BCUT2D eigenvalue weighted by molar-refractivity contribution is 5.73. The van der Waals surface area contributed by atoms with Crippen molar-refractivity contribution >= 4 is 0 Å². The molecule has 0 fully saturated rings. The largest absolute Gasteiger partial charge is 0.0856 e. The summed E-state index contributed by atoms with van der Waals surface area (Å²) in [5, 5.41) is 0. The van der Waals surface area contributed by atoms with Crippen LogP contribution in [0.4, 0.5) is 0 Å². The van der Waals surface area contributed by atoms with E-state index in [1.165, 1.54) is 55.2 Å². The van der Waals surface area contributed by atoms with Gasteiger partial charge in [-0.2, -0.15) is 0 Å². The predicted octanol–water partition coefficient (Wildman–Crippen LogP) is 6.52. The second kappa shape index (κ2) is 6.35. The van der Waals surface area contributed by atoms with E-state index in [2.05, 4.69) is 61.5 Å². The quantitative estimate of drug-likeness (QED) is 0.566. The second-order valence-electron chi connectivity index (χ2n) is 7.42. The lowest BCUT2D eigenvalue weighted by Gasteiger charge is -2.30. The molecular formula is C23H26. The van der Waals surface area contributed by atoms with Gasteiger partial charge in [0.25, 0.3) is 0 Å². The van der Waals surface area contributed by atoms with Crippen LogP contribution in [0.5, 0.6) is 0 Å². The molecule has 0 radical (unpaired) electrons. The minimum absolute atomic E-state index is 0.701. The Morgan fingerprint density at radius 2 is 1.65 bits per heavy atom. The van der Waals surface area contributed by atoms with Crippen LogP contribution in [0.15, 0.2) is 60.2 Å². The molecule has 4 rings (SSSR count). The number of rotatable bonds is 3. The zero-order valence-electron chi connectivity index (χ0n) is 14.1. The van der Waals surface area contributed by atoms with Crippen LogP contribution < -0.4 is 0 Å². The Labute approximate surface area is 140 Å². The molecule has 0 heterocycles. The van der Waals surface area contributed by atoms with Gasteiger partial charge in [-0.3, -0.25) is 0 Å². The van der Waals surface area contributed by atoms with Crippen molar-refractivity contribution < 1.29 is 0 Å². The Kier molecular flexibility index (Phi) is 4.08. The van der Waals surface area contributed by atoms with Crippen molar-refractivity contribution in [3.05, 3.63) is 71.3 Å². The maximum atomic E-state index is 2.43. The molecule has 2 aliphatic carbocycles. The molecular weight excluding hydrogens is 276 g/mol. The van der Waals surface area contributed by atoms with Gasteiger partial charge in [0, 0.05) is 0 Å². The summed E-state index contributed by atoms with van der Waals surface area (Å²) in [5.41, 5.74) is 7.65. The van der Waals surface area contributed by atoms with Gasteiger partial charge in [0.15, 0.2) is 0 Å². The lowest BCUT2D eigenvalue weighted by atomic mass is 9.75. The van der Waals surface area contributed by atoms with Crippen molar-refractivity contribution in [2.75, 3.05) is 0 Å². The molecule has 118 valence electrons. The smallest absolute Gasteiger partial charge is 0.0115 e. The number of allylic oxidation sites excluding steroid dienone is 2. The van der Waals surface area contributed by atoms with E-state index in [1.54, 1.807) is 11.1 Å². The van der Waals surface area contributed by atoms with Crippen LogP contribution in [0.3, 0.4) is 0 Å². The molecule has 0 saturated heterocycles. The van der Waals surface area contributed by atoms with Crippen LogP contribution in [-0.2, 0) is 6.42 Å². The van der Waals surface area contributed by atoms with Crippen LogP contribution in [0.25, 0.3) is 11.1 Å². The average Bonchev–Trinajstić information content (AvgIpc) is 2.60. The zero-order valence-corrected chi connectivity index (χ0v) is 14.1. The summed E-state index contributed by atoms with van der Waals surface area (Å²) in [6.07, 6.45) is 10.4. The lowest BCUT2D eigenvalue weighted by molar-refractivity contribution is 0.399. The van der Waals surface area contributed by atoms with Crippen molar-refractivity contribution in [2.45, 2.75) is 51.4 Å². The van der Waals surface area contributed by atoms with Gasteiger partial charge in [-0.15, -0.1) is 0 Å². The molecule has 0 heteroatoms. The Bertz CT molecular complexity index is 722. The van der Waals surface area contributed by atoms with Gasteiger partial charge < -0.3 is 0 Å². The first kappa shape index (κ1) is 14.8. The van der Waals surface area contributed by atoms with Gasteiger partial charge in [0.1, 0.15) is 0 Å². The molecule has 0 bridgehead atoms. The van der Waals surface area contributed by atoms with E-state index in [9.17, 15) is 0 Å². The van der Waals surface area contributed by atoms with Gasteiger partial charge in [0.05, 0.1) is 0 Å². The van der Waals surface area contributed by atoms with E-state index < -0.39 is 0 Å². The molecule has 2 unspecified atom stereocenters. The third kappa shape index (κ3) is 3.00. The molecule has 0 N–H and O–H groups in total. The Morgan fingerprint density at radius 3 is 2.52 bits per heavy atom. The van der Waals surface area contributed by atoms with Crippen LogP contribution in [0.1, 0.15) is 56.1 Å². The Morgan fingerprint density at radius 1 is 0.870 bits per heavy atom. The number of benzene rings is 2. The van der Waals surface area contributed by atoms with Gasteiger partial charge in [0.2, 0.25) is 0 Å². The third-order valence-electron chi connectivity index (χ3n) is 5.78. The lowest BCUT2D eigenvalue weighted by Crippen LogP contribution is -2.14. The third-order valence-corrected chi connectivity index (χ3v) is 5.78. The molecule has 0 aromatic heterocycles. The Hall–Kier alpha value is -1.82. The fraction of sp³-hybridized carbons (Fsp3) is 0.391. The number of hydrogen-bond acceptors (Lipinski definition) is 0. The van der Waals surface area contributed by atoms with Crippen molar-refractivity contribution in [1.82, 2.24) is 0 Å². The van der Waals surface area contributed by atoms with Gasteiger partial charge in [-0.1, -0.05) is 60.2 Å². The molecule has 2 aliphatic rings. The standard InChI is InChI=1S/C23H26/c1-17-7-6-8-18(15-17)13-14-20-16-19-9-2-3-10-21(19)23-12-5-4-11-22(20)23/h2-5,7,9-12,18,20H,6,8,13-16H2,1H3. The van der Waals surface area contributed by atoms with E-state index in [1.807, 2.05) is 0 Å². The van der Waals surface area contributed by atoms with Gasteiger partial charge >= 0.3 is 0 Å². The molecule has 0 spiro atoms. The van der Waals surface area contributed by atoms with Crippen molar-refractivity contribution in [1.29, 1.82) is 0 Å². The highest BCUT2D eigenvalue weighted by atomic mass is 14.3. The van der Waals surface area contributed by atoms with Gasteiger partial charge in [-0.25, -0.2) is 0 Å². The predicted molar refractivity (Wildman–Crippen MR) is 98.7 cm³/mol. The van der Waals surface area contributed by atoms with E-state index in [0.717, 1.165) is 5.92 Å². The molecule has 0 saturated carbocycles. The van der Waals surface area contributed by atoms with E-state index >= 15 is 0 Å². The SMILES string of the molecule is CC1=CCCC(CCC2Cc3ccccc3-c3ccccc32)C1. The summed E-state index contributed by atoms with van der Waals surface area (Å²) < 4.78 is 0. The summed E-state index contributed by atoms with van der Waals surface area (Å²) >= 11 is 0. The minimum Gasteiger partial charge on any atom is -0.0856 e. The van der Waals surface area contributed by atoms with Crippen LogP contribution >= 0.6 is 0 Å². The molecule has 2 aromatic carbocycles. The highest BCUT2D eigenvalue weighted by Gasteiger charge is 2.25. The Balaban J connectivity index is 1.55. The molecule has 23 heavy (non-hydrogen) atoms. The maximum Gasteiger partial charge on any atom is -0.0115 e. The fourth-order valence-corrected chi connectivity index (χ4v) is 4.58. The fourth-order valence-electron chi connectivity index (χ4n) is 4.58. The maximum absolute atomic E-state index is 2.43. The minimum atomic E-state index is 0.701. The summed E-state index contributed by atoms with van der Waals surface area (Å²) in [6.45, 7) is 2.30. The normalized spacial score (nSPS) is 22.9. The summed E-state index contributed by atoms with van der Waals surface area (Å²) in [6, 6.07) is 18.1. The number of hydrogen-bond donors (Lipinski definition) is 0. The van der Waals surface area contributed by atoms with E-state index in [0.29, 0.717) is 5.92 Å². The molecule has 2 atom stereocenters. The van der Waals surface area contributed by atoms with E-state index in [-0.39, 0.29) is 0 Å². The van der Waals surface area contributed by atoms with Crippen molar-refractivity contribution in [2.24, 2.45) is 5.92 Å². The second-order valence-corrected chi connectivity index (χ2v) is 7.42. The average molecular weight is 302 g/mol. The van der Waals surface area contributed by atoms with E-state index in [4.69, 9.17) is 0 Å². The summed E-state index contributed by atoms with van der Waals surface area (Å²) in [4.78, 5) is 0. The summed E-state index contributed by atoms with van der Waals surface area (Å²) in [5.74, 6) is 1.61. The van der Waals surface area contributed by atoms with Crippen LogP contribution in [0.2, 0.25) is 0 Å². The first-order chi connectivity index (χ1) is 11.3. The number of fused-ring (bicyclic) bond motifs is 3. The molecule has 0 nitrogen and oxygen atoms in total. The topological polar surface area (TPSA) is 0 Å². The van der Waals surface area contributed by atoms with Crippen LogP contribution in [0, 0.1) is 5.92 Å². The summed E-state index contributed by atoms with van der Waals surface area (Å²) in [7, 11) is 0. The van der Waals surface area contributed by atoms with Crippen molar-refractivity contribution in [3.8, 4) is 11.1 Å². The molecule has 0 amide bonds. The highest BCUT2D eigenvalue weighted by Crippen LogP contribution is 2.42. The van der Waals surface area contributed by atoms with Crippen LogP contribution in [-0.4, -0.2) is 0 Å².